The van der Waals surface area contributed by atoms with Crippen LogP contribution in [0.15, 0.2) is 0 Å². The van der Waals surface area contributed by atoms with Gasteiger partial charge in [-0.1, -0.05) is 0 Å². The summed E-state index contributed by atoms with van der Waals surface area (Å²) in [5.41, 5.74) is 8.03. The molecule has 0 unspecified atom stereocenters. The van der Waals surface area contributed by atoms with Crippen molar-refractivity contribution in [2.75, 3.05) is 5.73 Å². The van der Waals surface area contributed by atoms with Crippen LogP contribution < -0.4 is 5.73 Å². The van der Waals surface area contributed by atoms with Crippen molar-refractivity contribution in [1.29, 1.82) is 0 Å². The van der Waals surface area contributed by atoms with E-state index < -0.39 is 0 Å². The summed E-state index contributed by atoms with van der Waals surface area (Å²) in [6.07, 6.45) is 2.53. The predicted molar refractivity (Wildman–Crippen MR) is 44.4 cm³/mol. The molecule has 1 aliphatic carbocycles. The normalized spacial score (nSPS) is 17.3. The van der Waals surface area contributed by atoms with Crippen LogP contribution in [-0.2, 0) is 0 Å². The van der Waals surface area contributed by atoms with Crippen LogP contribution in [-0.4, -0.2) is 9.55 Å². The Balaban J connectivity index is 2.50. The number of anilines is 1. The van der Waals surface area contributed by atoms with Gasteiger partial charge in [0.2, 0.25) is 5.95 Å². The Kier molecular flexibility index (Phi) is 1.22. The van der Waals surface area contributed by atoms with Crippen LogP contribution in [0.1, 0.15) is 30.3 Å². The van der Waals surface area contributed by atoms with E-state index in [1.165, 1.54) is 18.5 Å². The number of nitrogen functional groups attached to an aromatic ring is 1. The van der Waals surface area contributed by atoms with E-state index in [2.05, 4.69) is 16.5 Å². The second-order valence-corrected chi connectivity index (χ2v) is 3.24. The molecule has 0 atom stereocenters. The Hall–Kier alpha value is -0.990. The van der Waals surface area contributed by atoms with Gasteiger partial charge in [0.25, 0.3) is 0 Å². The lowest BCUT2D eigenvalue weighted by Crippen LogP contribution is -2.02. The quantitative estimate of drug-likeness (QED) is 0.659. The molecule has 0 aromatic carbocycles. The van der Waals surface area contributed by atoms with Gasteiger partial charge in [0, 0.05) is 11.7 Å². The van der Waals surface area contributed by atoms with Gasteiger partial charge < -0.3 is 10.3 Å². The third-order valence-electron chi connectivity index (χ3n) is 2.33. The van der Waals surface area contributed by atoms with E-state index in [1.54, 1.807) is 0 Å². The fourth-order valence-corrected chi connectivity index (χ4v) is 1.45. The number of hydrogen-bond acceptors (Lipinski definition) is 2. The molecule has 2 N–H and O–H groups in total. The first-order chi connectivity index (χ1) is 5.20. The van der Waals surface area contributed by atoms with Crippen LogP contribution in [0.25, 0.3) is 0 Å². The summed E-state index contributed by atoms with van der Waals surface area (Å²) in [7, 11) is 0. The molecular weight excluding hydrogens is 138 g/mol. The maximum atomic E-state index is 5.74. The van der Waals surface area contributed by atoms with Crippen LogP contribution in [0.4, 0.5) is 5.95 Å². The van der Waals surface area contributed by atoms with E-state index in [4.69, 9.17) is 5.73 Å². The molecule has 1 aromatic heterocycles. The lowest BCUT2D eigenvalue weighted by Gasteiger charge is -2.03. The minimum atomic E-state index is 0.649. The van der Waals surface area contributed by atoms with Gasteiger partial charge in [-0.3, -0.25) is 0 Å². The molecule has 0 spiro atoms. The molecular formula is C8H13N3. The molecule has 0 bridgehead atoms. The van der Waals surface area contributed by atoms with Crippen molar-refractivity contribution in [3.05, 3.63) is 11.4 Å². The smallest absolute Gasteiger partial charge is 0.200 e. The first-order valence-electron chi connectivity index (χ1n) is 4.01. The summed E-state index contributed by atoms with van der Waals surface area (Å²) >= 11 is 0. The van der Waals surface area contributed by atoms with E-state index in [0.717, 1.165) is 5.69 Å². The van der Waals surface area contributed by atoms with Crippen LogP contribution in [0.5, 0.6) is 0 Å². The van der Waals surface area contributed by atoms with Crippen molar-refractivity contribution in [1.82, 2.24) is 9.55 Å². The molecule has 1 heterocycles. The highest BCUT2D eigenvalue weighted by molar-refractivity contribution is 5.29. The predicted octanol–water partition coefficient (Wildman–Crippen LogP) is 1.42. The molecule has 1 saturated carbocycles. The molecule has 0 radical (unpaired) electrons. The molecule has 3 heteroatoms. The lowest BCUT2D eigenvalue weighted by molar-refractivity contribution is 0.728. The van der Waals surface area contributed by atoms with Gasteiger partial charge in [-0.2, -0.15) is 0 Å². The average Bonchev–Trinajstić information content (AvgIpc) is 2.68. The SMILES string of the molecule is Cc1nc(N)n(C2CC2)c1C. The molecule has 11 heavy (non-hydrogen) atoms. The molecule has 0 aliphatic heterocycles. The summed E-state index contributed by atoms with van der Waals surface area (Å²) in [5.74, 6) is 0.683. The van der Waals surface area contributed by atoms with Gasteiger partial charge in [-0.25, -0.2) is 4.98 Å². The summed E-state index contributed by atoms with van der Waals surface area (Å²) in [4.78, 5) is 4.21. The largest absolute Gasteiger partial charge is 0.369 e. The van der Waals surface area contributed by atoms with Crippen molar-refractivity contribution < 1.29 is 0 Å². The molecule has 3 nitrogen and oxygen atoms in total. The van der Waals surface area contributed by atoms with Gasteiger partial charge in [-0.15, -0.1) is 0 Å². The van der Waals surface area contributed by atoms with Crippen LogP contribution in [0.2, 0.25) is 0 Å². The standard InChI is InChI=1S/C8H13N3/c1-5-6(2)11(7-3-4-7)8(9)10-5/h7H,3-4H2,1-2H3,(H2,9,10). The Morgan fingerprint density at radius 2 is 2.09 bits per heavy atom. The van der Waals surface area contributed by atoms with E-state index in [-0.39, 0.29) is 0 Å². The third-order valence-corrected chi connectivity index (χ3v) is 2.33. The van der Waals surface area contributed by atoms with Gasteiger partial charge >= 0.3 is 0 Å². The number of imidazole rings is 1. The average molecular weight is 151 g/mol. The molecule has 0 saturated heterocycles. The Labute approximate surface area is 66.2 Å². The first-order valence-corrected chi connectivity index (χ1v) is 4.01. The van der Waals surface area contributed by atoms with Gasteiger partial charge in [-0.05, 0) is 26.7 Å². The summed E-state index contributed by atoms with van der Waals surface area (Å²) in [5, 5.41) is 0. The molecule has 1 aromatic rings. The molecule has 1 fully saturated rings. The monoisotopic (exact) mass is 151 g/mol. The Morgan fingerprint density at radius 3 is 2.45 bits per heavy atom. The first kappa shape index (κ1) is 6.70. The maximum Gasteiger partial charge on any atom is 0.200 e. The van der Waals surface area contributed by atoms with Crippen LogP contribution in [0, 0.1) is 13.8 Å². The Morgan fingerprint density at radius 1 is 1.45 bits per heavy atom. The topological polar surface area (TPSA) is 43.8 Å². The van der Waals surface area contributed by atoms with Gasteiger partial charge in [0.1, 0.15) is 0 Å². The molecule has 0 amide bonds. The van der Waals surface area contributed by atoms with E-state index in [9.17, 15) is 0 Å². The fraction of sp³-hybridized carbons (Fsp3) is 0.625. The highest BCUT2D eigenvalue weighted by atomic mass is 15.2. The van der Waals surface area contributed by atoms with Crippen LogP contribution >= 0.6 is 0 Å². The van der Waals surface area contributed by atoms with Crippen molar-refractivity contribution in [3.63, 3.8) is 0 Å². The zero-order valence-electron chi connectivity index (χ0n) is 6.96. The molecule has 2 rings (SSSR count). The van der Waals surface area contributed by atoms with Crippen LogP contribution in [0.3, 0.4) is 0 Å². The number of nitrogens with zero attached hydrogens (tertiary/aromatic N) is 2. The van der Waals surface area contributed by atoms with E-state index in [0.29, 0.717) is 12.0 Å². The number of rotatable bonds is 1. The Bertz CT molecular complexity index is 284. The number of nitrogens with two attached hydrogens (primary N) is 1. The summed E-state index contributed by atoms with van der Waals surface area (Å²) in [6, 6.07) is 0.649. The highest BCUT2D eigenvalue weighted by Crippen LogP contribution is 2.38. The number of aromatic nitrogens is 2. The fourth-order valence-electron chi connectivity index (χ4n) is 1.45. The number of aryl methyl sites for hydroxylation is 1. The van der Waals surface area contributed by atoms with Crippen molar-refractivity contribution in [2.24, 2.45) is 0 Å². The minimum absolute atomic E-state index is 0.649. The van der Waals surface area contributed by atoms with Gasteiger partial charge in [0.15, 0.2) is 0 Å². The zero-order valence-corrected chi connectivity index (χ0v) is 6.96. The summed E-state index contributed by atoms with van der Waals surface area (Å²) in [6.45, 7) is 4.08. The third kappa shape index (κ3) is 0.914. The second kappa shape index (κ2) is 2.00. The highest BCUT2D eigenvalue weighted by Gasteiger charge is 2.27. The maximum absolute atomic E-state index is 5.74. The second-order valence-electron chi connectivity index (χ2n) is 3.24. The van der Waals surface area contributed by atoms with Gasteiger partial charge in [0.05, 0.1) is 5.69 Å². The van der Waals surface area contributed by atoms with Crippen molar-refractivity contribution in [3.8, 4) is 0 Å². The molecule has 1 aliphatic rings. The summed E-state index contributed by atoms with van der Waals surface area (Å²) < 4.78 is 2.15. The van der Waals surface area contributed by atoms with E-state index in [1.807, 2.05) is 6.92 Å². The molecule has 60 valence electrons. The van der Waals surface area contributed by atoms with E-state index >= 15 is 0 Å². The van der Waals surface area contributed by atoms with Crippen molar-refractivity contribution in [2.45, 2.75) is 32.7 Å². The number of hydrogen-bond donors (Lipinski definition) is 1. The zero-order chi connectivity index (χ0) is 8.01. The van der Waals surface area contributed by atoms with Crippen molar-refractivity contribution >= 4 is 5.95 Å². The lowest BCUT2D eigenvalue weighted by atomic mass is 10.4. The minimum Gasteiger partial charge on any atom is -0.369 e.